The SMILES string of the molecule is CS(=O)(=O)Nc1ccc(NC(=O)N2CCC(Cc3ccccc3)CC2)cc1. The number of hydrogen-bond donors (Lipinski definition) is 2. The molecule has 1 saturated heterocycles. The second-order valence-electron chi connectivity index (χ2n) is 7.00. The number of carbonyl (C=O) groups is 1. The number of benzene rings is 2. The Kier molecular flexibility index (Phi) is 6.01. The van der Waals surface area contributed by atoms with Crippen LogP contribution in [0.15, 0.2) is 54.6 Å². The van der Waals surface area contributed by atoms with Crippen LogP contribution >= 0.6 is 0 Å². The zero-order chi connectivity index (χ0) is 19.3. The molecule has 0 bridgehead atoms. The van der Waals surface area contributed by atoms with Crippen molar-refractivity contribution in [2.75, 3.05) is 29.4 Å². The molecule has 27 heavy (non-hydrogen) atoms. The molecule has 1 aliphatic heterocycles. The van der Waals surface area contributed by atoms with Crippen molar-refractivity contribution in [2.24, 2.45) is 5.92 Å². The fraction of sp³-hybridized carbons (Fsp3) is 0.350. The number of nitrogens with zero attached hydrogens (tertiary/aromatic N) is 1. The molecule has 0 radical (unpaired) electrons. The third-order valence-corrected chi connectivity index (χ3v) is 5.31. The monoisotopic (exact) mass is 387 g/mol. The van der Waals surface area contributed by atoms with Gasteiger partial charge < -0.3 is 10.2 Å². The molecule has 2 amide bonds. The summed E-state index contributed by atoms with van der Waals surface area (Å²) >= 11 is 0. The first-order chi connectivity index (χ1) is 12.9. The predicted molar refractivity (Wildman–Crippen MR) is 108 cm³/mol. The average Bonchev–Trinajstić information content (AvgIpc) is 2.63. The van der Waals surface area contributed by atoms with Gasteiger partial charge in [-0.3, -0.25) is 4.72 Å². The number of amides is 2. The van der Waals surface area contributed by atoms with Gasteiger partial charge in [0.05, 0.1) is 6.26 Å². The lowest BCUT2D eigenvalue weighted by molar-refractivity contribution is 0.182. The van der Waals surface area contributed by atoms with Gasteiger partial charge in [0.1, 0.15) is 0 Å². The van der Waals surface area contributed by atoms with Crippen molar-refractivity contribution < 1.29 is 13.2 Å². The van der Waals surface area contributed by atoms with E-state index in [2.05, 4.69) is 34.3 Å². The minimum atomic E-state index is -3.30. The Labute approximate surface area is 160 Å². The van der Waals surface area contributed by atoms with Gasteiger partial charge in [-0.2, -0.15) is 0 Å². The highest BCUT2D eigenvalue weighted by Gasteiger charge is 2.23. The summed E-state index contributed by atoms with van der Waals surface area (Å²) < 4.78 is 24.8. The minimum absolute atomic E-state index is 0.114. The van der Waals surface area contributed by atoms with E-state index in [0.717, 1.165) is 38.6 Å². The molecule has 0 unspecified atom stereocenters. The van der Waals surface area contributed by atoms with Crippen LogP contribution in [0, 0.1) is 5.92 Å². The molecule has 3 rings (SSSR count). The first-order valence-electron chi connectivity index (χ1n) is 9.07. The number of sulfonamides is 1. The van der Waals surface area contributed by atoms with Crippen LogP contribution in [0.2, 0.25) is 0 Å². The summed E-state index contributed by atoms with van der Waals surface area (Å²) in [6.45, 7) is 1.49. The summed E-state index contributed by atoms with van der Waals surface area (Å²) in [5, 5.41) is 2.88. The molecule has 7 heteroatoms. The molecule has 1 fully saturated rings. The quantitative estimate of drug-likeness (QED) is 0.824. The maximum atomic E-state index is 12.4. The molecular weight excluding hydrogens is 362 g/mol. The van der Waals surface area contributed by atoms with Gasteiger partial charge >= 0.3 is 6.03 Å². The van der Waals surface area contributed by atoms with Crippen LogP contribution in [-0.4, -0.2) is 38.7 Å². The summed E-state index contributed by atoms with van der Waals surface area (Å²) in [6.07, 6.45) is 4.16. The number of anilines is 2. The first kappa shape index (κ1) is 19.2. The number of likely N-dealkylation sites (tertiary alicyclic amines) is 1. The van der Waals surface area contributed by atoms with Crippen molar-refractivity contribution in [2.45, 2.75) is 19.3 Å². The Bertz CT molecular complexity index is 859. The number of nitrogens with one attached hydrogen (secondary N) is 2. The molecule has 0 aromatic heterocycles. The maximum absolute atomic E-state index is 12.4. The van der Waals surface area contributed by atoms with Crippen LogP contribution in [0.1, 0.15) is 18.4 Å². The van der Waals surface area contributed by atoms with Crippen LogP contribution in [0.4, 0.5) is 16.2 Å². The topological polar surface area (TPSA) is 78.5 Å². The lowest BCUT2D eigenvalue weighted by Gasteiger charge is -2.32. The first-order valence-corrected chi connectivity index (χ1v) is 11.0. The molecule has 0 saturated carbocycles. The number of rotatable bonds is 5. The van der Waals surface area contributed by atoms with Crippen molar-refractivity contribution >= 4 is 27.4 Å². The lowest BCUT2D eigenvalue weighted by atomic mass is 9.90. The van der Waals surface area contributed by atoms with E-state index in [1.807, 2.05) is 11.0 Å². The predicted octanol–water partition coefficient (Wildman–Crippen LogP) is 3.54. The molecule has 0 atom stereocenters. The Morgan fingerprint density at radius 1 is 1.00 bits per heavy atom. The fourth-order valence-electron chi connectivity index (χ4n) is 3.33. The normalized spacial score (nSPS) is 15.4. The number of urea groups is 1. The summed E-state index contributed by atoms with van der Waals surface area (Å²) in [5.41, 5.74) is 2.46. The number of carbonyl (C=O) groups excluding carboxylic acids is 1. The van der Waals surface area contributed by atoms with Gasteiger partial charge in [-0.1, -0.05) is 30.3 Å². The van der Waals surface area contributed by atoms with Crippen molar-refractivity contribution in [3.63, 3.8) is 0 Å². The number of hydrogen-bond acceptors (Lipinski definition) is 3. The van der Waals surface area contributed by atoms with E-state index < -0.39 is 10.0 Å². The number of piperidine rings is 1. The van der Waals surface area contributed by atoms with Crippen molar-refractivity contribution in [3.8, 4) is 0 Å². The molecule has 0 spiro atoms. The van der Waals surface area contributed by atoms with Crippen molar-refractivity contribution in [1.29, 1.82) is 0 Å². The van der Waals surface area contributed by atoms with Crippen LogP contribution in [0.25, 0.3) is 0 Å². The third-order valence-electron chi connectivity index (χ3n) is 4.71. The average molecular weight is 388 g/mol. The highest BCUT2D eigenvalue weighted by Crippen LogP contribution is 2.22. The highest BCUT2D eigenvalue weighted by molar-refractivity contribution is 7.92. The fourth-order valence-corrected chi connectivity index (χ4v) is 3.89. The van der Waals surface area contributed by atoms with Gasteiger partial charge in [-0.15, -0.1) is 0 Å². The van der Waals surface area contributed by atoms with E-state index in [4.69, 9.17) is 0 Å². The zero-order valence-electron chi connectivity index (χ0n) is 15.4. The second kappa shape index (κ2) is 8.43. The summed E-state index contributed by atoms with van der Waals surface area (Å²) in [5.74, 6) is 0.609. The molecule has 6 nitrogen and oxygen atoms in total. The van der Waals surface area contributed by atoms with Crippen molar-refractivity contribution in [3.05, 3.63) is 60.2 Å². The van der Waals surface area contributed by atoms with Crippen LogP contribution in [0.3, 0.4) is 0 Å². The van der Waals surface area contributed by atoms with E-state index in [1.165, 1.54) is 5.56 Å². The maximum Gasteiger partial charge on any atom is 0.321 e. The van der Waals surface area contributed by atoms with Crippen LogP contribution in [-0.2, 0) is 16.4 Å². The highest BCUT2D eigenvalue weighted by atomic mass is 32.2. The Morgan fingerprint density at radius 3 is 2.19 bits per heavy atom. The van der Waals surface area contributed by atoms with Gasteiger partial charge in [0.15, 0.2) is 0 Å². The second-order valence-corrected chi connectivity index (χ2v) is 8.75. The largest absolute Gasteiger partial charge is 0.325 e. The summed E-state index contributed by atoms with van der Waals surface area (Å²) in [4.78, 5) is 14.3. The molecular formula is C20H25N3O3S. The van der Waals surface area contributed by atoms with Gasteiger partial charge in [-0.05, 0) is 55.0 Å². The molecule has 1 heterocycles. The Morgan fingerprint density at radius 2 is 1.59 bits per heavy atom. The molecule has 2 N–H and O–H groups in total. The molecule has 144 valence electrons. The molecule has 1 aliphatic rings. The Balaban J connectivity index is 1.48. The summed E-state index contributed by atoms with van der Waals surface area (Å²) in [7, 11) is -3.30. The van der Waals surface area contributed by atoms with Crippen LogP contribution in [0.5, 0.6) is 0 Å². The Hall–Kier alpha value is -2.54. The van der Waals surface area contributed by atoms with Gasteiger partial charge in [0, 0.05) is 24.5 Å². The van der Waals surface area contributed by atoms with Crippen molar-refractivity contribution in [1.82, 2.24) is 4.90 Å². The molecule has 2 aromatic carbocycles. The van der Waals surface area contributed by atoms with E-state index in [1.54, 1.807) is 24.3 Å². The van der Waals surface area contributed by atoms with Crippen LogP contribution < -0.4 is 10.0 Å². The standard InChI is InChI=1S/C20H25N3O3S/c1-27(25,26)22-19-9-7-18(8-10-19)21-20(24)23-13-11-17(12-14-23)15-16-5-3-2-4-6-16/h2-10,17,22H,11-15H2,1H3,(H,21,24). The van der Waals surface area contributed by atoms with Gasteiger partial charge in [0.25, 0.3) is 0 Å². The van der Waals surface area contributed by atoms with Gasteiger partial charge in [0.2, 0.25) is 10.0 Å². The molecule has 0 aliphatic carbocycles. The summed E-state index contributed by atoms with van der Waals surface area (Å²) in [6, 6.07) is 17.0. The van der Waals surface area contributed by atoms with Gasteiger partial charge in [-0.25, -0.2) is 13.2 Å². The minimum Gasteiger partial charge on any atom is -0.325 e. The van der Waals surface area contributed by atoms with E-state index in [9.17, 15) is 13.2 Å². The molecule has 2 aromatic rings. The van der Waals surface area contributed by atoms with E-state index >= 15 is 0 Å². The third kappa shape index (κ3) is 5.99. The van der Waals surface area contributed by atoms with E-state index in [0.29, 0.717) is 17.3 Å². The zero-order valence-corrected chi connectivity index (χ0v) is 16.2. The lowest BCUT2D eigenvalue weighted by Crippen LogP contribution is -2.41. The van der Waals surface area contributed by atoms with E-state index in [-0.39, 0.29) is 6.03 Å². The smallest absolute Gasteiger partial charge is 0.321 e.